The molecule has 142 valence electrons. The zero-order valence-corrected chi connectivity index (χ0v) is 16.3. The first-order valence-corrected chi connectivity index (χ1v) is 10.2. The molecule has 0 aliphatic rings. The summed E-state index contributed by atoms with van der Waals surface area (Å²) in [5, 5.41) is 10.6. The van der Waals surface area contributed by atoms with Crippen molar-refractivity contribution in [1.29, 1.82) is 0 Å². The summed E-state index contributed by atoms with van der Waals surface area (Å²) in [6, 6.07) is 14.8. The van der Waals surface area contributed by atoms with Crippen LogP contribution in [0, 0.1) is 6.92 Å². The Kier molecular flexibility index (Phi) is 6.81. The first kappa shape index (κ1) is 20.4. The molecule has 0 radical (unpaired) electrons. The van der Waals surface area contributed by atoms with Gasteiger partial charge in [0.05, 0.1) is 12.2 Å². The van der Waals surface area contributed by atoms with Crippen molar-refractivity contribution in [3.8, 4) is 5.75 Å². The number of sulfonamides is 1. The van der Waals surface area contributed by atoms with Crippen LogP contribution in [-0.4, -0.2) is 32.3 Å². The van der Waals surface area contributed by atoms with Crippen molar-refractivity contribution in [2.24, 2.45) is 0 Å². The second-order valence-corrected chi connectivity index (χ2v) is 8.43. The predicted molar refractivity (Wildman–Crippen MR) is 103 cm³/mol. The standard InChI is InChI=1S/C20H27NO4S/c1-4-25-18-11-10-16(2)14-19(18)26(23,24)21-15-20(3,22)13-12-17-8-6-5-7-9-17/h5-11,14,21-22H,4,12-13,15H2,1-3H3/t20-/m1/s1. The van der Waals surface area contributed by atoms with Gasteiger partial charge in [0, 0.05) is 6.54 Å². The van der Waals surface area contributed by atoms with E-state index in [1.807, 2.05) is 37.3 Å². The molecule has 0 bridgehead atoms. The van der Waals surface area contributed by atoms with Gasteiger partial charge in [0.25, 0.3) is 0 Å². The van der Waals surface area contributed by atoms with E-state index in [-0.39, 0.29) is 11.4 Å². The zero-order chi connectivity index (χ0) is 19.2. The molecule has 0 saturated heterocycles. The van der Waals surface area contributed by atoms with Crippen LogP contribution < -0.4 is 9.46 Å². The highest BCUT2D eigenvalue weighted by Crippen LogP contribution is 2.25. The minimum Gasteiger partial charge on any atom is -0.492 e. The number of benzene rings is 2. The number of rotatable bonds is 9. The molecule has 0 amide bonds. The average Bonchev–Trinajstić information content (AvgIpc) is 2.61. The quantitative estimate of drug-likeness (QED) is 0.704. The van der Waals surface area contributed by atoms with Crippen LogP contribution in [0.5, 0.6) is 5.75 Å². The molecule has 1 atom stereocenters. The first-order valence-electron chi connectivity index (χ1n) is 8.73. The van der Waals surface area contributed by atoms with E-state index in [1.54, 1.807) is 32.0 Å². The lowest BCUT2D eigenvalue weighted by Crippen LogP contribution is -2.41. The van der Waals surface area contributed by atoms with Gasteiger partial charge in [-0.3, -0.25) is 0 Å². The van der Waals surface area contributed by atoms with Crippen LogP contribution >= 0.6 is 0 Å². The van der Waals surface area contributed by atoms with Gasteiger partial charge in [0.2, 0.25) is 10.0 Å². The molecule has 0 aromatic heterocycles. The van der Waals surface area contributed by atoms with Gasteiger partial charge in [0.1, 0.15) is 10.6 Å². The maximum absolute atomic E-state index is 12.7. The number of ether oxygens (including phenoxy) is 1. The largest absolute Gasteiger partial charge is 0.492 e. The molecule has 2 aromatic rings. The Morgan fingerprint density at radius 3 is 2.50 bits per heavy atom. The summed E-state index contributed by atoms with van der Waals surface area (Å²) >= 11 is 0. The van der Waals surface area contributed by atoms with Gasteiger partial charge in [-0.2, -0.15) is 0 Å². The number of aryl methyl sites for hydroxylation is 2. The lowest BCUT2D eigenvalue weighted by atomic mass is 9.97. The van der Waals surface area contributed by atoms with Crippen molar-refractivity contribution < 1.29 is 18.3 Å². The topological polar surface area (TPSA) is 75.6 Å². The van der Waals surface area contributed by atoms with Crippen LogP contribution in [-0.2, 0) is 16.4 Å². The smallest absolute Gasteiger partial charge is 0.244 e. The van der Waals surface area contributed by atoms with Crippen molar-refractivity contribution in [3.05, 3.63) is 59.7 Å². The molecule has 2 rings (SSSR count). The number of hydrogen-bond donors (Lipinski definition) is 2. The fourth-order valence-electron chi connectivity index (χ4n) is 2.57. The van der Waals surface area contributed by atoms with Gasteiger partial charge < -0.3 is 9.84 Å². The fraction of sp³-hybridized carbons (Fsp3) is 0.400. The lowest BCUT2D eigenvalue weighted by Gasteiger charge is -2.24. The average molecular weight is 378 g/mol. The lowest BCUT2D eigenvalue weighted by molar-refractivity contribution is 0.0565. The van der Waals surface area contributed by atoms with E-state index >= 15 is 0 Å². The minimum atomic E-state index is -3.79. The summed E-state index contributed by atoms with van der Waals surface area (Å²) in [5.74, 6) is 0.314. The van der Waals surface area contributed by atoms with Gasteiger partial charge >= 0.3 is 0 Å². The van der Waals surface area contributed by atoms with Gasteiger partial charge in [-0.25, -0.2) is 13.1 Å². The molecule has 26 heavy (non-hydrogen) atoms. The Bertz CT molecular complexity index is 817. The maximum Gasteiger partial charge on any atom is 0.244 e. The molecular formula is C20H27NO4S. The third-order valence-corrected chi connectivity index (χ3v) is 5.55. The maximum atomic E-state index is 12.7. The highest BCUT2D eigenvalue weighted by atomic mass is 32.2. The molecule has 0 saturated carbocycles. The number of aliphatic hydroxyl groups is 1. The van der Waals surface area contributed by atoms with E-state index in [9.17, 15) is 13.5 Å². The van der Waals surface area contributed by atoms with Crippen molar-refractivity contribution in [2.45, 2.75) is 44.1 Å². The highest BCUT2D eigenvalue weighted by Gasteiger charge is 2.26. The minimum absolute atomic E-state index is 0.0678. The van der Waals surface area contributed by atoms with Crippen LogP contribution in [0.2, 0.25) is 0 Å². The molecule has 2 aromatic carbocycles. The van der Waals surface area contributed by atoms with Crippen LogP contribution in [0.15, 0.2) is 53.4 Å². The van der Waals surface area contributed by atoms with Crippen molar-refractivity contribution in [2.75, 3.05) is 13.2 Å². The molecule has 0 spiro atoms. The third kappa shape index (κ3) is 5.83. The monoisotopic (exact) mass is 377 g/mol. The summed E-state index contributed by atoms with van der Waals surface area (Å²) in [5.41, 5.74) is 0.774. The summed E-state index contributed by atoms with van der Waals surface area (Å²) in [6.07, 6.45) is 1.12. The molecule has 0 aliphatic carbocycles. The van der Waals surface area contributed by atoms with E-state index in [2.05, 4.69) is 4.72 Å². The van der Waals surface area contributed by atoms with E-state index in [0.29, 0.717) is 25.2 Å². The second-order valence-electron chi connectivity index (χ2n) is 6.69. The molecule has 5 nitrogen and oxygen atoms in total. The van der Waals surface area contributed by atoms with Crippen LogP contribution in [0.3, 0.4) is 0 Å². The Morgan fingerprint density at radius 2 is 1.85 bits per heavy atom. The normalized spacial score (nSPS) is 14.0. The van der Waals surface area contributed by atoms with Crippen LogP contribution in [0.25, 0.3) is 0 Å². The van der Waals surface area contributed by atoms with Crippen molar-refractivity contribution >= 4 is 10.0 Å². The fourth-order valence-corrected chi connectivity index (χ4v) is 3.96. The Labute approximate surface area is 156 Å². The molecule has 0 aliphatic heterocycles. The molecule has 0 fully saturated rings. The highest BCUT2D eigenvalue weighted by molar-refractivity contribution is 7.89. The van der Waals surface area contributed by atoms with E-state index in [4.69, 9.17) is 4.74 Å². The van der Waals surface area contributed by atoms with Gasteiger partial charge in [0.15, 0.2) is 0 Å². The van der Waals surface area contributed by atoms with E-state index in [1.165, 1.54) is 0 Å². The summed E-state index contributed by atoms with van der Waals surface area (Å²) < 4.78 is 33.4. The van der Waals surface area contributed by atoms with Gasteiger partial charge in [-0.1, -0.05) is 36.4 Å². The molecule has 0 heterocycles. The van der Waals surface area contributed by atoms with Crippen LogP contribution in [0.1, 0.15) is 31.4 Å². The Morgan fingerprint density at radius 1 is 1.15 bits per heavy atom. The Hall–Kier alpha value is -1.89. The summed E-state index contributed by atoms with van der Waals surface area (Å²) in [7, 11) is -3.79. The zero-order valence-electron chi connectivity index (χ0n) is 15.5. The second kappa shape index (κ2) is 8.66. The number of hydrogen-bond acceptors (Lipinski definition) is 4. The summed E-state index contributed by atoms with van der Waals surface area (Å²) in [6.45, 7) is 5.57. The molecule has 6 heteroatoms. The van der Waals surface area contributed by atoms with Crippen molar-refractivity contribution in [1.82, 2.24) is 4.72 Å². The number of nitrogens with one attached hydrogen (secondary N) is 1. The van der Waals surface area contributed by atoms with Gasteiger partial charge in [-0.15, -0.1) is 0 Å². The van der Waals surface area contributed by atoms with E-state index in [0.717, 1.165) is 11.1 Å². The SMILES string of the molecule is CCOc1ccc(C)cc1S(=O)(=O)NC[C@](C)(O)CCc1ccccc1. The van der Waals surface area contributed by atoms with Gasteiger partial charge in [-0.05, 0) is 56.9 Å². The van der Waals surface area contributed by atoms with E-state index < -0.39 is 15.6 Å². The molecule has 2 N–H and O–H groups in total. The molecule has 0 unspecified atom stereocenters. The third-order valence-electron chi connectivity index (χ3n) is 4.13. The summed E-state index contributed by atoms with van der Waals surface area (Å²) in [4.78, 5) is 0.0956. The predicted octanol–water partition coefficient (Wildman–Crippen LogP) is 3.06. The first-order chi connectivity index (χ1) is 12.2. The molecular weight excluding hydrogens is 350 g/mol. The van der Waals surface area contributed by atoms with Crippen molar-refractivity contribution in [3.63, 3.8) is 0 Å². The van der Waals surface area contributed by atoms with Crippen LogP contribution in [0.4, 0.5) is 0 Å². The Balaban J connectivity index is 2.06.